The molecule has 2 rings (SSSR count). The van der Waals surface area contributed by atoms with Gasteiger partial charge in [0.2, 0.25) is 0 Å². The average molecular weight is 233 g/mol. The Morgan fingerprint density at radius 1 is 1.29 bits per heavy atom. The number of aryl methyl sites for hydroxylation is 1. The molecule has 1 atom stereocenters. The Balaban J connectivity index is 2.50. The zero-order valence-corrected chi connectivity index (χ0v) is 11.0. The van der Waals surface area contributed by atoms with Crippen LogP contribution in [-0.2, 0) is 0 Å². The minimum Gasteiger partial charge on any atom is -0.356 e. The van der Waals surface area contributed by atoms with E-state index >= 15 is 0 Å². The second kappa shape index (κ2) is 4.31. The van der Waals surface area contributed by atoms with Crippen molar-refractivity contribution in [1.82, 2.24) is 19.6 Å². The summed E-state index contributed by atoms with van der Waals surface area (Å²) in [5.74, 6) is 2.26. The van der Waals surface area contributed by atoms with Crippen molar-refractivity contribution in [2.24, 2.45) is 5.92 Å². The number of anilines is 1. The summed E-state index contributed by atoms with van der Waals surface area (Å²) in [6.07, 6.45) is 1.54. The van der Waals surface area contributed by atoms with Crippen LogP contribution in [0.5, 0.6) is 0 Å². The van der Waals surface area contributed by atoms with E-state index in [-0.39, 0.29) is 0 Å². The molecule has 0 unspecified atom stereocenters. The van der Waals surface area contributed by atoms with Crippen LogP contribution in [0.25, 0.3) is 5.78 Å². The molecule has 0 bridgehead atoms. The van der Waals surface area contributed by atoms with Gasteiger partial charge in [-0.3, -0.25) is 0 Å². The minimum absolute atomic E-state index is 0.434. The highest BCUT2D eigenvalue weighted by molar-refractivity contribution is 5.47. The molecule has 2 aromatic heterocycles. The topological polar surface area (TPSA) is 46.3 Å². The van der Waals surface area contributed by atoms with Gasteiger partial charge in [0.15, 0.2) is 0 Å². The molecule has 2 aromatic rings. The number of nitrogens with zero attached hydrogens (tertiary/aromatic N) is 5. The maximum atomic E-state index is 4.35. The van der Waals surface area contributed by atoms with Gasteiger partial charge in [-0.25, -0.2) is 4.98 Å². The molecule has 0 N–H and O–H groups in total. The molecule has 0 saturated carbocycles. The lowest BCUT2D eigenvalue weighted by Gasteiger charge is -2.29. The van der Waals surface area contributed by atoms with Crippen LogP contribution in [0.4, 0.5) is 5.82 Å². The molecule has 0 radical (unpaired) electrons. The Hall–Kier alpha value is -1.65. The first-order valence-corrected chi connectivity index (χ1v) is 5.91. The van der Waals surface area contributed by atoms with Crippen molar-refractivity contribution in [3.8, 4) is 0 Å². The highest BCUT2D eigenvalue weighted by atomic mass is 15.4. The minimum atomic E-state index is 0.434. The molecule has 0 saturated heterocycles. The SMILES string of the molecule is Cc1cc(N(C)[C@H](C)C(C)C)n2ncnc2n1. The second-order valence-corrected chi connectivity index (χ2v) is 4.82. The Kier molecular flexibility index (Phi) is 3.00. The van der Waals surface area contributed by atoms with Crippen molar-refractivity contribution in [3.63, 3.8) is 0 Å². The van der Waals surface area contributed by atoms with Crippen LogP contribution in [0.3, 0.4) is 0 Å². The molecule has 0 aliphatic carbocycles. The lowest BCUT2D eigenvalue weighted by molar-refractivity contribution is 0.499. The largest absolute Gasteiger partial charge is 0.356 e. The third kappa shape index (κ3) is 2.09. The molecule has 0 aromatic carbocycles. The first-order valence-electron chi connectivity index (χ1n) is 5.91. The summed E-state index contributed by atoms with van der Waals surface area (Å²) in [6, 6.07) is 2.48. The van der Waals surface area contributed by atoms with Crippen LogP contribution in [0.1, 0.15) is 26.5 Å². The normalized spacial score (nSPS) is 13.3. The fourth-order valence-electron chi connectivity index (χ4n) is 1.82. The highest BCUT2D eigenvalue weighted by Gasteiger charge is 2.17. The van der Waals surface area contributed by atoms with Crippen LogP contribution in [0, 0.1) is 12.8 Å². The molecule has 0 spiro atoms. The van der Waals surface area contributed by atoms with Crippen molar-refractivity contribution in [1.29, 1.82) is 0 Å². The number of rotatable bonds is 3. The zero-order valence-electron chi connectivity index (χ0n) is 11.0. The van der Waals surface area contributed by atoms with Crippen molar-refractivity contribution >= 4 is 11.6 Å². The van der Waals surface area contributed by atoms with Gasteiger partial charge in [-0.15, -0.1) is 0 Å². The van der Waals surface area contributed by atoms with Crippen molar-refractivity contribution in [2.75, 3.05) is 11.9 Å². The molecular formula is C12H19N5. The summed E-state index contributed by atoms with van der Waals surface area (Å²) < 4.78 is 1.78. The highest BCUT2D eigenvalue weighted by Crippen LogP contribution is 2.19. The fourth-order valence-corrected chi connectivity index (χ4v) is 1.82. The smallest absolute Gasteiger partial charge is 0.254 e. The van der Waals surface area contributed by atoms with Gasteiger partial charge in [-0.1, -0.05) is 13.8 Å². The van der Waals surface area contributed by atoms with Gasteiger partial charge < -0.3 is 4.90 Å². The van der Waals surface area contributed by atoms with Gasteiger partial charge in [0.05, 0.1) is 0 Å². The molecule has 5 nitrogen and oxygen atoms in total. The van der Waals surface area contributed by atoms with Crippen LogP contribution in [0.2, 0.25) is 0 Å². The van der Waals surface area contributed by atoms with Crippen LogP contribution < -0.4 is 4.90 Å². The second-order valence-electron chi connectivity index (χ2n) is 4.82. The van der Waals surface area contributed by atoms with E-state index < -0.39 is 0 Å². The Labute approximate surface area is 101 Å². The van der Waals surface area contributed by atoms with Crippen LogP contribution >= 0.6 is 0 Å². The van der Waals surface area contributed by atoms with E-state index in [0.717, 1.165) is 11.5 Å². The monoisotopic (exact) mass is 233 g/mol. The van der Waals surface area contributed by atoms with Crippen molar-refractivity contribution < 1.29 is 0 Å². The van der Waals surface area contributed by atoms with Crippen LogP contribution in [0.15, 0.2) is 12.4 Å². The maximum Gasteiger partial charge on any atom is 0.254 e. The Morgan fingerprint density at radius 3 is 2.65 bits per heavy atom. The van der Waals surface area contributed by atoms with Gasteiger partial charge in [-0.2, -0.15) is 14.6 Å². The average Bonchev–Trinajstić information content (AvgIpc) is 2.73. The molecule has 0 aliphatic heterocycles. The lowest BCUT2D eigenvalue weighted by Crippen LogP contribution is -2.34. The van der Waals surface area contributed by atoms with E-state index in [1.54, 1.807) is 10.8 Å². The quantitative estimate of drug-likeness (QED) is 0.812. The molecule has 2 heterocycles. The van der Waals surface area contributed by atoms with Gasteiger partial charge >= 0.3 is 0 Å². The van der Waals surface area contributed by atoms with E-state index in [2.05, 4.69) is 47.8 Å². The predicted octanol–water partition coefficient (Wildman–Crippen LogP) is 1.91. The fraction of sp³-hybridized carbons (Fsp3) is 0.583. The number of hydrogen-bond donors (Lipinski definition) is 0. The molecule has 17 heavy (non-hydrogen) atoms. The molecule has 92 valence electrons. The summed E-state index contributed by atoms with van der Waals surface area (Å²) in [5, 5.41) is 4.22. The van der Waals surface area contributed by atoms with Gasteiger partial charge in [-0.05, 0) is 19.8 Å². The first kappa shape index (κ1) is 11.8. The summed E-state index contributed by atoms with van der Waals surface area (Å²) in [5.41, 5.74) is 0.961. The molecule has 0 aliphatic rings. The maximum absolute atomic E-state index is 4.35. The summed E-state index contributed by atoms with van der Waals surface area (Å²) >= 11 is 0. The Morgan fingerprint density at radius 2 is 2.00 bits per heavy atom. The van der Waals surface area contributed by atoms with Gasteiger partial charge in [0, 0.05) is 24.8 Å². The zero-order chi connectivity index (χ0) is 12.6. The summed E-state index contributed by atoms with van der Waals surface area (Å²) in [6.45, 7) is 8.62. The summed E-state index contributed by atoms with van der Waals surface area (Å²) in [7, 11) is 2.08. The molecule has 0 amide bonds. The Bertz CT molecular complexity index is 517. The molecule has 0 fully saturated rings. The molecule has 5 heteroatoms. The number of aromatic nitrogens is 4. The number of fused-ring (bicyclic) bond motifs is 1. The lowest BCUT2D eigenvalue weighted by atomic mass is 10.1. The standard InChI is InChI=1S/C12H19N5/c1-8(2)10(4)16(5)11-6-9(3)15-12-13-7-14-17(11)12/h6-8,10H,1-5H3/t10-/m1/s1. The third-order valence-electron chi connectivity index (χ3n) is 3.30. The number of hydrogen-bond acceptors (Lipinski definition) is 4. The van der Waals surface area contributed by atoms with Crippen molar-refractivity contribution in [3.05, 3.63) is 18.1 Å². The van der Waals surface area contributed by atoms with E-state index in [0.29, 0.717) is 17.7 Å². The summed E-state index contributed by atoms with van der Waals surface area (Å²) in [4.78, 5) is 10.7. The van der Waals surface area contributed by atoms with E-state index in [1.807, 2.05) is 13.0 Å². The first-order chi connectivity index (χ1) is 8.00. The van der Waals surface area contributed by atoms with Gasteiger partial charge in [0.25, 0.3) is 5.78 Å². The van der Waals surface area contributed by atoms with E-state index in [9.17, 15) is 0 Å². The van der Waals surface area contributed by atoms with E-state index in [1.165, 1.54) is 0 Å². The molecular weight excluding hydrogens is 214 g/mol. The van der Waals surface area contributed by atoms with E-state index in [4.69, 9.17) is 0 Å². The van der Waals surface area contributed by atoms with Crippen molar-refractivity contribution in [2.45, 2.75) is 33.7 Å². The van der Waals surface area contributed by atoms with Crippen LogP contribution in [-0.4, -0.2) is 32.7 Å². The predicted molar refractivity (Wildman–Crippen MR) is 68.2 cm³/mol. The van der Waals surface area contributed by atoms with Gasteiger partial charge in [0.1, 0.15) is 12.1 Å². The third-order valence-corrected chi connectivity index (χ3v) is 3.30.